The van der Waals surface area contributed by atoms with E-state index in [0.717, 1.165) is 22.6 Å². The van der Waals surface area contributed by atoms with Crippen molar-refractivity contribution in [2.75, 3.05) is 0 Å². The standard InChI is InChI=1S/C20H20ClN3O2/c1-14-17(12-23-24(14)2)11-22-20(25)16-5-3-15(4-6-16)13-26-19-9-7-18(21)8-10-19/h3-10,12H,11,13H2,1-2H3,(H,22,25). The van der Waals surface area contributed by atoms with E-state index in [1.807, 2.05) is 38.2 Å². The van der Waals surface area contributed by atoms with Crippen LogP contribution in [0.15, 0.2) is 54.7 Å². The zero-order valence-electron chi connectivity index (χ0n) is 14.7. The summed E-state index contributed by atoms with van der Waals surface area (Å²) in [5.74, 6) is 0.640. The predicted octanol–water partition coefficient (Wildman–Crippen LogP) is 3.89. The van der Waals surface area contributed by atoms with Gasteiger partial charge in [0.05, 0.1) is 6.20 Å². The average molecular weight is 370 g/mol. The van der Waals surface area contributed by atoms with Crippen LogP contribution >= 0.6 is 11.6 Å². The molecule has 0 fully saturated rings. The number of aromatic nitrogens is 2. The van der Waals surface area contributed by atoms with Crippen molar-refractivity contribution in [1.82, 2.24) is 15.1 Å². The molecule has 5 nitrogen and oxygen atoms in total. The molecule has 6 heteroatoms. The van der Waals surface area contributed by atoms with Gasteiger partial charge in [-0.3, -0.25) is 9.48 Å². The lowest BCUT2D eigenvalue weighted by Crippen LogP contribution is -2.23. The largest absolute Gasteiger partial charge is 0.489 e. The predicted molar refractivity (Wildman–Crippen MR) is 101 cm³/mol. The molecule has 1 aromatic heterocycles. The number of ether oxygens (including phenoxy) is 1. The second-order valence-electron chi connectivity index (χ2n) is 6.00. The van der Waals surface area contributed by atoms with Crippen molar-refractivity contribution < 1.29 is 9.53 Å². The van der Waals surface area contributed by atoms with Crippen molar-refractivity contribution in [3.05, 3.63) is 82.1 Å². The van der Waals surface area contributed by atoms with Gasteiger partial charge >= 0.3 is 0 Å². The molecule has 0 bridgehead atoms. The van der Waals surface area contributed by atoms with Crippen LogP contribution in [-0.4, -0.2) is 15.7 Å². The van der Waals surface area contributed by atoms with Gasteiger partial charge in [0.25, 0.3) is 5.91 Å². The maximum absolute atomic E-state index is 12.3. The summed E-state index contributed by atoms with van der Waals surface area (Å²) in [7, 11) is 1.88. The molecule has 1 heterocycles. The molecule has 0 aliphatic heterocycles. The molecule has 2 aromatic carbocycles. The zero-order chi connectivity index (χ0) is 18.5. The Morgan fingerprint density at radius 2 is 1.85 bits per heavy atom. The van der Waals surface area contributed by atoms with Crippen molar-refractivity contribution in [3.8, 4) is 5.75 Å². The van der Waals surface area contributed by atoms with E-state index < -0.39 is 0 Å². The molecule has 3 aromatic rings. The summed E-state index contributed by atoms with van der Waals surface area (Å²) in [6.07, 6.45) is 1.77. The molecular weight excluding hydrogens is 350 g/mol. The number of nitrogens with one attached hydrogen (secondary N) is 1. The summed E-state index contributed by atoms with van der Waals surface area (Å²) in [4.78, 5) is 12.3. The smallest absolute Gasteiger partial charge is 0.251 e. The van der Waals surface area contributed by atoms with E-state index >= 15 is 0 Å². The number of halogens is 1. The third-order valence-electron chi connectivity index (χ3n) is 4.21. The normalized spacial score (nSPS) is 10.6. The Hall–Kier alpha value is -2.79. The number of nitrogens with zero attached hydrogens (tertiary/aromatic N) is 2. The number of hydrogen-bond acceptors (Lipinski definition) is 3. The molecule has 0 aliphatic carbocycles. The number of amides is 1. The Kier molecular flexibility index (Phi) is 5.58. The van der Waals surface area contributed by atoms with Gasteiger partial charge in [0.2, 0.25) is 0 Å². The molecule has 3 rings (SSSR count). The Morgan fingerprint density at radius 1 is 1.15 bits per heavy atom. The maximum atomic E-state index is 12.3. The monoisotopic (exact) mass is 369 g/mol. The van der Waals surface area contributed by atoms with Crippen molar-refractivity contribution in [2.24, 2.45) is 7.05 Å². The quantitative estimate of drug-likeness (QED) is 0.717. The van der Waals surface area contributed by atoms with Crippen molar-refractivity contribution in [3.63, 3.8) is 0 Å². The molecule has 0 aliphatic rings. The summed E-state index contributed by atoms with van der Waals surface area (Å²) < 4.78 is 7.49. The summed E-state index contributed by atoms with van der Waals surface area (Å²) in [6.45, 7) is 2.86. The highest BCUT2D eigenvalue weighted by molar-refractivity contribution is 6.30. The molecular formula is C20H20ClN3O2. The number of aryl methyl sites for hydroxylation is 1. The molecule has 26 heavy (non-hydrogen) atoms. The summed E-state index contributed by atoms with van der Waals surface area (Å²) in [6, 6.07) is 14.6. The number of benzene rings is 2. The lowest BCUT2D eigenvalue weighted by atomic mass is 10.1. The van der Waals surface area contributed by atoms with Crippen molar-refractivity contribution in [2.45, 2.75) is 20.1 Å². The highest BCUT2D eigenvalue weighted by Crippen LogP contribution is 2.17. The number of carbonyl (C=O) groups is 1. The zero-order valence-corrected chi connectivity index (χ0v) is 15.5. The van der Waals surface area contributed by atoms with E-state index in [2.05, 4.69) is 10.4 Å². The number of rotatable bonds is 6. The number of hydrogen-bond donors (Lipinski definition) is 1. The van der Waals surface area contributed by atoms with E-state index in [9.17, 15) is 4.79 Å². The lowest BCUT2D eigenvalue weighted by molar-refractivity contribution is 0.0951. The second-order valence-corrected chi connectivity index (χ2v) is 6.44. The topological polar surface area (TPSA) is 56.1 Å². The Bertz CT molecular complexity index is 886. The first-order chi connectivity index (χ1) is 12.5. The Balaban J connectivity index is 1.54. The van der Waals surface area contributed by atoms with Gasteiger partial charge in [-0.25, -0.2) is 0 Å². The fourth-order valence-corrected chi connectivity index (χ4v) is 2.57. The van der Waals surface area contributed by atoms with Crippen LogP contribution in [0.1, 0.15) is 27.2 Å². The number of carbonyl (C=O) groups excluding carboxylic acids is 1. The van der Waals surface area contributed by atoms with E-state index in [-0.39, 0.29) is 5.91 Å². The minimum Gasteiger partial charge on any atom is -0.489 e. The van der Waals surface area contributed by atoms with Gasteiger partial charge in [-0.2, -0.15) is 5.10 Å². The summed E-state index contributed by atoms with van der Waals surface area (Å²) in [5.41, 5.74) is 3.65. The molecule has 1 N–H and O–H groups in total. The molecule has 0 radical (unpaired) electrons. The van der Waals surface area contributed by atoms with Crippen LogP contribution in [0, 0.1) is 6.92 Å². The van der Waals surface area contributed by atoms with Gasteiger partial charge in [0.1, 0.15) is 12.4 Å². The van der Waals surface area contributed by atoms with E-state index in [0.29, 0.717) is 23.7 Å². The maximum Gasteiger partial charge on any atom is 0.251 e. The Labute approximate surface area is 157 Å². The van der Waals surface area contributed by atoms with Crippen LogP contribution < -0.4 is 10.1 Å². The highest BCUT2D eigenvalue weighted by atomic mass is 35.5. The van der Waals surface area contributed by atoms with Crippen LogP contribution in [0.5, 0.6) is 5.75 Å². The first kappa shape index (κ1) is 18.0. The first-order valence-electron chi connectivity index (χ1n) is 8.26. The van der Waals surface area contributed by atoms with Crippen LogP contribution in [0.3, 0.4) is 0 Å². The van der Waals surface area contributed by atoms with Gasteiger partial charge in [-0.1, -0.05) is 23.7 Å². The van der Waals surface area contributed by atoms with Crippen LogP contribution in [0.2, 0.25) is 5.02 Å². The minimum atomic E-state index is -0.113. The summed E-state index contributed by atoms with van der Waals surface area (Å²) in [5, 5.41) is 7.76. The Morgan fingerprint density at radius 3 is 2.46 bits per heavy atom. The molecule has 0 saturated heterocycles. The molecule has 0 atom stereocenters. The summed E-state index contributed by atoms with van der Waals surface area (Å²) >= 11 is 5.85. The van der Waals surface area contributed by atoms with Gasteiger partial charge in [-0.05, 0) is 48.9 Å². The van der Waals surface area contributed by atoms with E-state index in [1.54, 1.807) is 35.1 Å². The van der Waals surface area contributed by atoms with Gasteiger partial charge in [0, 0.05) is 35.4 Å². The third kappa shape index (κ3) is 4.43. The van der Waals surface area contributed by atoms with Crippen LogP contribution in [0.25, 0.3) is 0 Å². The van der Waals surface area contributed by atoms with Crippen LogP contribution in [-0.2, 0) is 20.2 Å². The van der Waals surface area contributed by atoms with Gasteiger partial charge in [0.15, 0.2) is 0 Å². The highest BCUT2D eigenvalue weighted by Gasteiger charge is 2.08. The molecule has 1 amide bonds. The van der Waals surface area contributed by atoms with Crippen molar-refractivity contribution >= 4 is 17.5 Å². The molecule has 0 spiro atoms. The third-order valence-corrected chi connectivity index (χ3v) is 4.46. The van der Waals surface area contributed by atoms with E-state index in [1.165, 1.54) is 0 Å². The average Bonchev–Trinajstić information content (AvgIpc) is 2.98. The van der Waals surface area contributed by atoms with Gasteiger partial charge in [-0.15, -0.1) is 0 Å². The second kappa shape index (κ2) is 8.06. The van der Waals surface area contributed by atoms with E-state index in [4.69, 9.17) is 16.3 Å². The molecule has 134 valence electrons. The van der Waals surface area contributed by atoms with Crippen LogP contribution in [0.4, 0.5) is 0 Å². The first-order valence-corrected chi connectivity index (χ1v) is 8.63. The lowest BCUT2D eigenvalue weighted by Gasteiger charge is -2.08. The minimum absolute atomic E-state index is 0.113. The fraction of sp³-hybridized carbons (Fsp3) is 0.200. The van der Waals surface area contributed by atoms with Gasteiger partial charge < -0.3 is 10.1 Å². The van der Waals surface area contributed by atoms with Crippen molar-refractivity contribution in [1.29, 1.82) is 0 Å². The molecule has 0 saturated carbocycles. The SMILES string of the molecule is Cc1c(CNC(=O)c2ccc(COc3ccc(Cl)cc3)cc2)cnn1C. The molecule has 0 unspecified atom stereocenters. The fourth-order valence-electron chi connectivity index (χ4n) is 2.45.